The number of amides is 1. The van der Waals surface area contributed by atoms with Crippen LogP contribution in [0.15, 0.2) is 0 Å². The summed E-state index contributed by atoms with van der Waals surface area (Å²) in [6, 6.07) is -0.00560. The van der Waals surface area contributed by atoms with Gasteiger partial charge in [0.1, 0.15) is 0 Å². The minimum Gasteiger partial charge on any atom is -0.331 e. The number of terminal acetylenes is 1. The first-order chi connectivity index (χ1) is 5.65. The Morgan fingerprint density at radius 3 is 2.75 bits per heavy atom. The second kappa shape index (κ2) is 3.40. The zero-order valence-electron chi connectivity index (χ0n) is 7.04. The SMILES string of the molecule is C#CCC(C)N1CC(=O)CC1=O. The molecule has 3 heteroatoms. The Bertz CT molecular complexity index is 252. The van der Waals surface area contributed by atoms with Crippen LogP contribution in [0.2, 0.25) is 0 Å². The van der Waals surface area contributed by atoms with Gasteiger partial charge in [-0.05, 0) is 6.92 Å². The zero-order valence-corrected chi connectivity index (χ0v) is 7.04. The standard InChI is InChI=1S/C9H11NO2/c1-3-4-7(2)10-6-8(11)5-9(10)12/h1,7H,4-6H2,2H3. The van der Waals surface area contributed by atoms with Gasteiger partial charge in [0, 0.05) is 12.5 Å². The van der Waals surface area contributed by atoms with Crippen molar-refractivity contribution in [1.29, 1.82) is 0 Å². The minimum absolute atomic E-state index is 0.00560. The summed E-state index contributed by atoms with van der Waals surface area (Å²) in [5.74, 6) is 2.37. The van der Waals surface area contributed by atoms with Gasteiger partial charge < -0.3 is 4.90 Å². The summed E-state index contributed by atoms with van der Waals surface area (Å²) in [5.41, 5.74) is 0. The molecule has 0 saturated carbocycles. The van der Waals surface area contributed by atoms with E-state index in [0.29, 0.717) is 6.42 Å². The van der Waals surface area contributed by atoms with Crippen LogP contribution in [0, 0.1) is 12.3 Å². The molecular weight excluding hydrogens is 154 g/mol. The van der Waals surface area contributed by atoms with Crippen molar-refractivity contribution in [2.75, 3.05) is 6.54 Å². The third-order valence-electron chi connectivity index (χ3n) is 1.96. The molecule has 1 fully saturated rings. The van der Waals surface area contributed by atoms with Crippen molar-refractivity contribution in [3.63, 3.8) is 0 Å². The van der Waals surface area contributed by atoms with E-state index >= 15 is 0 Å². The summed E-state index contributed by atoms with van der Waals surface area (Å²) in [4.78, 5) is 23.5. The summed E-state index contributed by atoms with van der Waals surface area (Å²) >= 11 is 0. The summed E-state index contributed by atoms with van der Waals surface area (Å²) in [6.07, 6.45) is 5.67. The largest absolute Gasteiger partial charge is 0.331 e. The lowest BCUT2D eigenvalue weighted by Gasteiger charge is -2.20. The van der Waals surface area contributed by atoms with E-state index in [1.54, 1.807) is 4.90 Å². The highest BCUT2D eigenvalue weighted by Gasteiger charge is 2.30. The molecule has 0 aromatic carbocycles. The average Bonchev–Trinajstić information content (AvgIpc) is 2.30. The molecule has 0 aromatic rings. The topological polar surface area (TPSA) is 37.4 Å². The molecule has 3 nitrogen and oxygen atoms in total. The first-order valence-electron chi connectivity index (χ1n) is 3.89. The van der Waals surface area contributed by atoms with E-state index in [9.17, 15) is 9.59 Å². The summed E-state index contributed by atoms with van der Waals surface area (Å²) < 4.78 is 0. The predicted octanol–water partition coefficient (Wildman–Crippen LogP) is 0.200. The van der Waals surface area contributed by atoms with Crippen molar-refractivity contribution in [3.05, 3.63) is 0 Å². The molecular formula is C9H11NO2. The molecule has 1 aliphatic heterocycles. The Morgan fingerprint density at radius 2 is 2.33 bits per heavy atom. The van der Waals surface area contributed by atoms with E-state index in [-0.39, 0.29) is 30.7 Å². The maximum absolute atomic E-state index is 11.1. The van der Waals surface area contributed by atoms with E-state index in [4.69, 9.17) is 6.42 Å². The van der Waals surface area contributed by atoms with Gasteiger partial charge in [-0.25, -0.2) is 0 Å². The first-order valence-corrected chi connectivity index (χ1v) is 3.89. The quantitative estimate of drug-likeness (QED) is 0.433. The summed E-state index contributed by atoms with van der Waals surface area (Å²) in [6.45, 7) is 2.10. The highest BCUT2D eigenvalue weighted by Crippen LogP contribution is 2.12. The molecule has 0 aliphatic carbocycles. The Balaban J connectivity index is 2.59. The smallest absolute Gasteiger partial charge is 0.230 e. The second-order valence-electron chi connectivity index (χ2n) is 2.99. The Kier molecular flexibility index (Phi) is 2.49. The van der Waals surface area contributed by atoms with E-state index in [1.165, 1.54) is 0 Å². The Labute approximate surface area is 71.7 Å². The molecule has 0 spiro atoms. The average molecular weight is 165 g/mol. The third kappa shape index (κ3) is 1.65. The van der Waals surface area contributed by atoms with Crippen molar-refractivity contribution in [2.45, 2.75) is 25.8 Å². The Hall–Kier alpha value is -1.30. The van der Waals surface area contributed by atoms with Gasteiger partial charge in [0.05, 0.1) is 13.0 Å². The highest BCUT2D eigenvalue weighted by atomic mass is 16.2. The monoisotopic (exact) mass is 165 g/mol. The molecule has 1 rings (SSSR count). The van der Waals surface area contributed by atoms with Gasteiger partial charge in [0.2, 0.25) is 5.91 Å². The number of carbonyl (C=O) groups is 2. The van der Waals surface area contributed by atoms with Gasteiger partial charge in [0.15, 0.2) is 5.78 Å². The lowest BCUT2D eigenvalue weighted by molar-refractivity contribution is -0.129. The number of Topliss-reactive ketones (excluding diaryl/α,β-unsaturated/α-hetero) is 1. The number of rotatable bonds is 2. The zero-order chi connectivity index (χ0) is 9.14. The van der Waals surface area contributed by atoms with Gasteiger partial charge in [-0.15, -0.1) is 12.3 Å². The second-order valence-corrected chi connectivity index (χ2v) is 2.99. The normalized spacial score (nSPS) is 19.5. The van der Waals surface area contributed by atoms with Crippen molar-refractivity contribution >= 4 is 11.7 Å². The molecule has 0 bridgehead atoms. The number of hydrogen-bond donors (Lipinski definition) is 0. The number of likely N-dealkylation sites (tertiary alicyclic amines) is 1. The molecule has 64 valence electrons. The van der Waals surface area contributed by atoms with Crippen molar-refractivity contribution in [2.24, 2.45) is 0 Å². The van der Waals surface area contributed by atoms with Crippen LogP contribution in [0.1, 0.15) is 19.8 Å². The maximum Gasteiger partial charge on any atom is 0.230 e. The molecule has 1 unspecified atom stereocenters. The molecule has 1 aliphatic rings. The van der Waals surface area contributed by atoms with Crippen molar-refractivity contribution in [3.8, 4) is 12.3 Å². The third-order valence-corrected chi connectivity index (χ3v) is 1.96. The van der Waals surface area contributed by atoms with E-state index in [1.807, 2.05) is 6.92 Å². The van der Waals surface area contributed by atoms with Gasteiger partial charge in [-0.1, -0.05) is 0 Å². The molecule has 0 radical (unpaired) electrons. The fourth-order valence-corrected chi connectivity index (χ4v) is 1.29. The molecule has 1 saturated heterocycles. The highest BCUT2D eigenvalue weighted by molar-refractivity contribution is 6.05. The molecule has 12 heavy (non-hydrogen) atoms. The predicted molar refractivity (Wildman–Crippen MR) is 44.2 cm³/mol. The number of hydrogen-bond acceptors (Lipinski definition) is 2. The van der Waals surface area contributed by atoms with Gasteiger partial charge in [-0.3, -0.25) is 9.59 Å². The summed E-state index contributed by atoms with van der Waals surface area (Å²) in [5, 5.41) is 0. The lowest BCUT2D eigenvalue weighted by atomic mass is 10.2. The van der Waals surface area contributed by atoms with E-state index in [2.05, 4.69) is 5.92 Å². The van der Waals surface area contributed by atoms with Crippen LogP contribution < -0.4 is 0 Å². The van der Waals surface area contributed by atoms with Crippen molar-refractivity contribution in [1.82, 2.24) is 4.90 Å². The minimum atomic E-state index is -0.0947. The van der Waals surface area contributed by atoms with E-state index < -0.39 is 0 Å². The van der Waals surface area contributed by atoms with Crippen LogP contribution >= 0.6 is 0 Å². The van der Waals surface area contributed by atoms with Gasteiger partial charge >= 0.3 is 0 Å². The van der Waals surface area contributed by atoms with Gasteiger partial charge in [-0.2, -0.15) is 0 Å². The van der Waals surface area contributed by atoms with Gasteiger partial charge in [0.25, 0.3) is 0 Å². The number of nitrogens with zero attached hydrogens (tertiary/aromatic N) is 1. The summed E-state index contributed by atoms with van der Waals surface area (Å²) in [7, 11) is 0. The first kappa shape index (κ1) is 8.79. The lowest BCUT2D eigenvalue weighted by Crippen LogP contribution is -2.34. The Morgan fingerprint density at radius 1 is 1.67 bits per heavy atom. The van der Waals surface area contributed by atoms with Crippen LogP contribution in [0.25, 0.3) is 0 Å². The molecule has 0 N–H and O–H groups in total. The number of ketones is 1. The molecule has 1 atom stereocenters. The van der Waals surface area contributed by atoms with Crippen LogP contribution in [-0.4, -0.2) is 29.2 Å². The molecule has 1 amide bonds. The van der Waals surface area contributed by atoms with Crippen LogP contribution in [0.5, 0.6) is 0 Å². The van der Waals surface area contributed by atoms with E-state index in [0.717, 1.165) is 0 Å². The van der Waals surface area contributed by atoms with Crippen molar-refractivity contribution < 1.29 is 9.59 Å². The molecule has 0 aromatic heterocycles. The fraction of sp³-hybridized carbons (Fsp3) is 0.556. The maximum atomic E-state index is 11.1. The fourth-order valence-electron chi connectivity index (χ4n) is 1.29. The number of carbonyl (C=O) groups excluding carboxylic acids is 2. The van der Waals surface area contributed by atoms with Crippen LogP contribution in [-0.2, 0) is 9.59 Å². The molecule has 1 heterocycles. The van der Waals surface area contributed by atoms with Crippen LogP contribution in [0.4, 0.5) is 0 Å². The van der Waals surface area contributed by atoms with Crippen LogP contribution in [0.3, 0.4) is 0 Å².